The molecule has 4 aromatic rings. The number of sulfonamides is 1. The Kier molecular flexibility index (Phi) is 6.97. The average molecular weight is 535 g/mol. The average Bonchev–Trinajstić information content (AvgIpc) is 3.55. The van der Waals surface area contributed by atoms with Crippen LogP contribution in [0.4, 0.5) is 11.4 Å². The molecule has 1 saturated heterocycles. The van der Waals surface area contributed by atoms with Crippen LogP contribution in [-0.2, 0) is 21.4 Å². The van der Waals surface area contributed by atoms with Crippen LogP contribution in [0, 0.1) is 0 Å². The molecule has 37 heavy (non-hydrogen) atoms. The summed E-state index contributed by atoms with van der Waals surface area (Å²) in [5.41, 5.74) is 2.16. The van der Waals surface area contributed by atoms with E-state index in [1.54, 1.807) is 47.7 Å². The lowest BCUT2D eigenvalue weighted by molar-refractivity contribution is -0.128. The first-order chi connectivity index (χ1) is 17.9. The number of carbonyl (C=O) groups is 2. The Bertz CT molecular complexity index is 1490. The van der Waals surface area contributed by atoms with Crippen molar-refractivity contribution in [3.05, 3.63) is 108 Å². The van der Waals surface area contributed by atoms with Crippen molar-refractivity contribution in [1.82, 2.24) is 9.88 Å². The second-order valence-corrected chi connectivity index (χ2v) is 11.0. The van der Waals surface area contributed by atoms with Gasteiger partial charge in [0.15, 0.2) is 0 Å². The molecular formula is C26H22N4O5S2. The molecule has 0 bridgehead atoms. The summed E-state index contributed by atoms with van der Waals surface area (Å²) >= 11 is 1.53. The highest BCUT2D eigenvalue weighted by atomic mass is 32.2. The zero-order valence-electron chi connectivity index (χ0n) is 19.4. The van der Waals surface area contributed by atoms with Gasteiger partial charge in [-0.15, -0.1) is 11.8 Å². The maximum Gasteiger partial charge on any atom is 0.261 e. The molecule has 11 heteroatoms. The number of hydrogen-bond acceptors (Lipinski definition) is 7. The number of nitrogens with one attached hydrogen (secondary N) is 2. The highest BCUT2D eigenvalue weighted by molar-refractivity contribution is 8.00. The number of thioether (sulfide) groups is 1. The first-order valence-corrected chi connectivity index (χ1v) is 13.8. The summed E-state index contributed by atoms with van der Waals surface area (Å²) in [5.74, 6) is 0.799. The van der Waals surface area contributed by atoms with Crippen LogP contribution in [0.5, 0.6) is 0 Å². The van der Waals surface area contributed by atoms with Crippen molar-refractivity contribution in [2.75, 3.05) is 15.8 Å². The van der Waals surface area contributed by atoms with Gasteiger partial charge in [-0.3, -0.25) is 19.3 Å². The number of pyridine rings is 1. The van der Waals surface area contributed by atoms with E-state index in [0.717, 1.165) is 5.56 Å². The molecule has 1 atom stereocenters. The molecule has 1 fully saturated rings. The number of nitrogens with zero attached hydrogens (tertiary/aromatic N) is 2. The predicted molar refractivity (Wildman–Crippen MR) is 140 cm³/mol. The summed E-state index contributed by atoms with van der Waals surface area (Å²) in [6.07, 6.45) is 4.54. The fourth-order valence-corrected chi connectivity index (χ4v) is 6.06. The van der Waals surface area contributed by atoms with E-state index in [4.69, 9.17) is 4.42 Å². The molecule has 0 spiro atoms. The summed E-state index contributed by atoms with van der Waals surface area (Å²) in [4.78, 5) is 30.9. The normalized spacial score (nSPS) is 15.5. The fraction of sp³-hybridized carbons (Fsp3) is 0.115. The minimum absolute atomic E-state index is 0.0364. The number of carbonyl (C=O) groups excluding carboxylic acids is 2. The van der Waals surface area contributed by atoms with Gasteiger partial charge in [0.05, 0.1) is 35.3 Å². The quantitative estimate of drug-likeness (QED) is 0.341. The molecule has 1 aliphatic rings. The standard InChI is InChI=1S/C26H22N4O5S2/c31-24-17-36-26(30(24)16-22-4-2-14-35-22)19-7-5-18(6-8-19)25(32)28-20-9-11-23(12-10-20)37(33,34)29-21-3-1-13-27-15-21/h1-15,26,29H,16-17H2,(H,28,32). The third-order valence-corrected chi connectivity index (χ3v) is 8.32. The van der Waals surface area contributed by atoms with Crippen LogP contribution in [0.2, 0.25) is 0 Å². The molecule has 3 heterocycles. The highest BCUT2D eigenvalue weighted by Gasteiger charge is 2.33. The Balaban J connectivity index is 1.23. The van der Waals surface area contributed by atoms with Gasteiger partial charge in [0.25, 0.3) is 15.9 Å². The monoisotopic (exact) mass is 534 g/mol. The number of aromatic nitrogens is 1. The van der Waals surface area contributed by atoms with Crippen molar-refractivity contribution in [2.24, 2.45) is 0 Å². The zero-order valence-corrected chi connectivity index (χ0v) is 21.0. The number of furan rings is 1. The molecule has 2 N–H and O–H groups in total. The van der Waals surface area contributed by atoms with Crippen molar-refractivity contribution in [2.45, 2.75) is 16.8 Å². The largest absolute Gasteiger partial charge is 0.467 e. The molecule has 9 nitrogen and oxygen atoms in total. The predicted octanol–water partition coefficient (Wildman–Crippen LogP) is 4.50. The number of rotatable bonds is 8. The van der Waals surface area contributed by atoms with Crippen LogP contribution >= 0.6 is 11.8 Å². The minimum Gasteiger partial charge on any atom is -0.467 e. The third-order valence-electron chi connectivity index (χ3n) is 5.67. The van der Waals surface area contributed by atoms with Gasteiger partial charge in [-0.25, -0.2) is 8.42 Å². The van der Waals surface area contributed by atoms with Crippen molar-refractivity contribution in [1.29, 1.82) is 0 Å². The van der Waals surface area contributed by atoms with Crippen LogP contribution in [0.15, 0.2) is 101 Å². The van der Waals surface area contributed by atoms with Gasteiger partial charge in [0.1, 0.15) is 11.1 Å². The lowest BCUT2D eigenvalue weighted by atomic mass is 10.1. The number of benzene rings is 2. The summed E-state index contributed by atoms with van der Waals surface area (Å²) < 4.78 is 33.0. The van der Waals surface area contributed by atoms with Crippen LogP contribution in [0.1, 0.15) is 27.1 Å². The molecular weight excluding hydrogens is 512 g/mol. The van der Waals surface area contributed by atoms with Gasteiger partial charge in [0, 0.05) is 17.4 Å². The van der Waals surface area contributed by atoms with Crippen molar-refractivity contribution in [3.8, 4) is 0 Å². The van der Waals surface area contributed by atoms with Crippen LogP contribution < -0.4 is 10.0 Å². The lowest BCUT2D eigenvalue weighted by Crippen LogP contribution is -2.27. The number of anilines is 2. The minimum atomic E-state index is -3.79. The van der Waals surface area contributed by atoms with Crippen LogP contribution in [-0.4, -0.2) is 35.9 Å². The Morgan fingerprint density at radius 2 is 1.81 bits per heavy atom. The van der Waals surface area contributed by atoms with E-state index in [0.29, 0.717) is 35.0 Å². The maximum atomic E-state index is 12.8. The molecule has 0 radical (unpaired) electrons. The van der Waals surface area contributed by atoms with Crippen LogP contribution in [0.25, 0.3) is 0 Å². The molecule has 0 aliphatic carbocycles. The second-order valence-electron chi connectivity index (χ2n) is 8.21. The van der Waals surface area contributed by atoms with Crippen molar-refractivity contribution < 1.29 is 22.4 Å². The molecule has 1 unspecified atom stereocenters. The van der Waals surface area contributed by atoms with Crippen LogP contribution in [0.3, 0.4) is 0 Å². The summed E-state index contributed by atoms with van der Waals surface area (Å²) in [5, 5.41) is 2.61. The number of hydrogen-bond donors (Lipinski definition) is 2. The van der Waals surface area contributed by atoms with Gasteiger partial charge < -0.3 is 14.6 Å². The Labute approximate surface area is 218 Å². The van der Waals surface area contributed by atoms with E-state index in [1.807, 2.05) is 18.2 Å². The molecule has 2 aromatic heterocycles. The fourth-order valence-electron chi connectivity index (χ4n) is 3.83. The van der Waals surface area contributed by atoms with E-state index in [-0.39, 0.29) is 22.1 Å². The third kappa shape index (κ3) is 5.68. The molecule has 2 amide bonds. The van der Waals surface area contributed by atoms with Crippen molar-refractivity contribution >= 4 is 45.0 Å². The first-order valence-electron chi connectivity index (χ1n) is 11.3. The smallest absolute Gasteiger partial charge is 0.261 e. The Hall–Kier alpha value is -4.09. The van der Waals surface area contributed by atoms with Crippen molar-refractivity contribution in [3.63, 3.8) is 0 Å². The first kappa shape index (κ1) is 24.6. The Morgan fingerprint density at radius 3 is 2.49 bits per heavy atom. The number of amides is 2. The molecule has 188 valence electrons. The van der Waals surface area contributed by atoms with Gasteiger partial charge in [-0.05, 0) is 66.2 Å². The SMILES string of the molecule is O=C(Nc1ccc(S(=O)(=O)Nc2cccnc2)cc1)c1ccc(C2SCC(=O)N2Cc2ccco2)cc1. The molecule has 1 aliphatic heterocycles. The maximum absolute atomic E-state index is 12.8. The topological polar surface area (TPSA) is 122 Å². The van der Waals surface area contributed by atoms with E-state index >= 15 is 0 Å². The van der Waals surface area contributed by atoms with Gasteiger partial charge in [-0.2, -0.15) is 0 Å². The van der Waals surface area contributed by atoms with E-state index in [2.05, 4.69) is 15.0 Å². The van der Waals surface area contributed by atoms with E-state index in [9.17, 15) is 18.0 Å². The summed E-state index contributed by atoms with van der Waals surface area (Å²) in [6.45, 7) is 0.384. The summed E-state index contributed by atoms with van der Waals surface area (Å²) in [6, 6.07) is 19.8. The second kappa shape index (κ2) is 10.5. The summed E-state index contributed by atoms with van der Waals surface area (Å²) in [7, 11) is -3.79. The van der Waals surface area contributed by atoms with Gasteiger partial charge in [-0.1, -0.05) is 12.1 Å². The molecule has 0 saturated carbocycles. The Morgan fingerprint density at radius 1 is 1.03 bits per heavy atom. The van der Waals surface area contributed by atoms with E-state index < -0.39 is 10.0 Å². The lowest BCUT2D eigenvalue weighted by Gasteiger charge is -2.23. The highest BCUT2D eigenvalue weighted by Crippen LogP contribution is 2.39. The van der Waals surface area contributed by atoms with E-state index in [1.165, 1.54) is 42.2 Å². The zero-order chi connectivity index (χ0) is 25.8. The van der Waals surface area contributed by atoms with Gasteiger partial charge in [0.2, 0.25) is 5.91 Å². The molecule has 5 rings (SSSR count). The molecule has 2 aromatic carbocycles. The van der Waals surface area contributed by atoms with Gasteiger partial charge >= 0.3 is 0 Å².